The number of anilines is 2. The Bertz CT molecular complexity index is 1010. The van der Waals surface area contributed by atoms with Crippen molar-refractivity contribution in [1.29, 1.82) is 0 Å². The zero-order chi connectivity index (χ0) is 23.1. The van der Waals surface area contributed by atoms with Gasteiger partial charge in [0.05, 0.1) is 5.56 Å². The van der Waals surface area contributed by atoms with Crippen molar-refractivity contribution in [3.63, 3.8) is 0 Å². The largest absolute Gasteiger partial charge is 0.322 e. The molecule has 4 nitrogen and oxygen atoms in total. The molecule has 0 saturated heterocycles. The van der Waals surface area contributed by atoms with Crippen LogP contribution in [0.4, 0.5) is 10.7 Å². The number of hydrogen-bond acceptors (Lipinski definition) is 3. The summed E-state index contributed by atoms with van der Waals surface area (Å²) in [6.45, 7) is 16.6. The second-order valence-electron chi connectivity index (χ2n) is 11.0. The topological polar surface area (TPSA) is 58.2 Å². The van der Waals surface area contributed by atoms with E-state index in [1.807, 2.05) is 46.8 Å². The molecule has 2 N–H and O–H groups in total. The Balaban J connectivity index is 1.99. The van der Waals surface area contributed by atoms with E-state index in [9.17, 15) is 9.59 Å². The van der Waals surface area contributed by atoms with Gasteiger partial charge in [-0.15, -0.1) is 11.3 Å². The van der Waals surface area contributed by atoms with E-state index in [2.05, 4.69) is 37.5 Å². The minimum absolute atomic E-state index is 0.0703. The smallest absolute Gasteiger partial charge is 0.258 e. The highest BCUT2D eigenvalue weighted by Crippen LogP contribution is 2.44. The van der Waals surface area contributed by atoms with Crippen LogP contribution in [0.5, 0.6) is 0 Å². The van der Waals surface area contributed by atoms with E-state index in [0.29, 0.717) is 16.5 Å². The first-order chi connectivity index (χ1) is 14.3. The summed E-state index contributed by atoms with van der Waals surface area (Å²) in [7, 11) is 0. The van der Waals surface area contributed by atoms with E-state index in [1.165, 1.54) is 4.88 Å². The van der Waals surface area contributed by atoms with Crippen LogP contribution in [-0.4, -0.2) is 11.8 Å². The molecule has 2 amide bonds. The van der Waals surface area contributed by atoms with Crippen LogP contribution in [0, 0.1) is 30.6 Å². The van der Waals surface area contributed by atoms with E-state index < -0.39 is 5.41 Å². The van der Waals surface area contributed by atoms with Gasteiger partial charge >= 0.3 is 0 Å². The molecule has 1 aliphatic carbocycles. The summed E-state index contributed by atoms with van der Waals surface area (Å²) in [5.74, 6) is 0.363. The molecular weight excluding hydrogens is 404 g/mol. The number of nitrogens with one attached hydrogen (secondary N) is 2. The van der Waals surface area contributed by atoms with Crippen molar-refractivity contribution in [2.24, 2.45) is 16.7 Å². The van der Waals surface area contributed by atoms with Crippen molar-refractivity contribution in [3.8, 4) is 0 Å². The Morgan fingerprint density at radius 2 is 1.71 bits per heavy atom. The lowest BCUT2D eigenvalue weighted by Gasteiger charge is -2.33. The van der Waals surface area contributed by atoms with Crippen LogP contribution in [0.1, 0.15) is 79.9 Å². The van der Waals surface area contributed by atoms with Crippen molar-refractivity contribution in [1.82, 2.24) is 0 Å². The van der Waals surface area contributed by atoms with Gasteiger partial charge in [-0.25, -0.2) is 0 Å². The first kappa shape index (κ1) is 23.5. The number of hydrogen-bond donors (Lipinski definition) is 2. The summed E-state index contributed by atoms with van der Waals surface area (Å²) in [6.07, 6.45) is 2.89. The average Bonchev–Trinajstić information content (AvgIpc) is 2.99. The van der Waals surface area contributed by atoms with Crippen molar-refractivity contribution in [3.05, 3.63) is 45.3 Å². The molecule has 1 atom stereocenters. The molecule has 0 aliphatic heterocycles. The summed E-state index contributed by atoms with van der Waals surface area (Å²) >= 11 is 1.58. The third-order valence-electron chi connectivity index (χ3n) is 6.26. The van der Waals surface area contributed by atoms with Gasteiger partial charge < -0.3 is 10.6 Å². The molecule has 1 aromatic heterocycles. The number of rotatable bonds is 3. The van der Waals surface area contributed by atoms with E-state index in [1.54, 1.807) is 11.3 Å². The van der Waals surface area contributed by atoms with Gasteiger partial charge in [0, 0.05) is 16.0 Å². The quantitative estimate of drug-likeness (QED) is 0.554. The fourth-order valence-corrected chi connectivity index (χ4v) is 5.40. The summed E-state index contributed by atoms with van der Waals surface area (Å²) in [6, 6.07) is 6.02. The number of aryl methyl sites for hydroxylation is 2. The van der Waals surface area contributed by atoms with Gasteiger partial charge in [0.2, 0.25) is 5.91 Å². The number of amides is 2. The SMILES string of the molecule is Cc1ccc(NC(=O)c2c(NC(=O)C(C)(C)C)sc3c2CCC(C(C)(C)C)C3)c(C)c1. The molecule has 3 rings (SSSR count). The molecule has 31 heavy (non-hydrogen) atoms. The maximum Gasteiger partial charge on any atom is 0.258 e. The lowest BCUT2D eigenvalue weighted by molar-refractivity contribution is -0.123. The highest BCUT2D eigenvalue weighted by atomic mass is 32.1. The zero-order valence-electron chi connectivity index (χ0n) is 20.2. The number of benzene rings is 1. The van der Waals surface area contributed by atoms with Crippen LogP contribution in [0.2, 0.25) is 0 Å². The maximum absolute atomic E-state index is 13.5. The van der Waals surface area contributed by atoms with Gasteiger partial charge in [0.15, 0.2) is 0 Å². The second-order valence-corrected chi connectivity index (χ2v) is 12.1. The summed E-state index contributed by atoms with van der Waals surface area (Å²) in [5, 5.41) is 6.85. The van der Waals surface area contributed by atoms with Crippen LogP contribution in [-0.2, 0) is 17.6 Å². The van der Waals surface area contributed by atoms with Gasteiger partial charge in [-0.3, -0.25) is 9.59 Å². The molecule has 5 heteroatoms. The molecule has 1 unspecified atom stereocenters. The molecule has 2 aromatic rings. The van der Waals surface area contributed by atoms with E-state index in [4.69, 9.17) is 0 Å². The normalized spacial score (nSPS) is 16.6. The van der Waals surface area contributed by atoms with Crippen molar-refractivity contribution in [2.45, 2.75) is 74.7 Å². The summed E-state index contributed by atoms with van der Waals surface area (Å²) in [4.78, 5) is 27.5. The van der Waals surface area contributed by atoms with Crippen molar-refractivity contribution < 1.29 is 9.59 Å². The van der Waals surface area contributed by atoms with Crippen LogP contribution in [0.25, 0.3) is 0 Å². The molecule has 0 radical (unpaired) electrons. The zero-order valence-corrected chi connectivity index (χ0v) is 21.0. The van der Waals surface area contributed by atoms with Crippen LogP contribution in [0.15, 0.2) is 18.2 Å². The number of thiophene rings is 1. The molecule has 168 valence electrons. The van der Waals surface area contributed by atoms with Gasteiger partial charge in [-0.05, 0) is 61.6 Å². The highest BCUT2D eigenvalue weighted by molar-refractivity contribution is 7.17. The monoisotopic (exact) mass is 440 g/mol. The molecule has 1 aliphatic rings. The second kappa shape index (κ2) is 8.42. The van der Waals surface area contributed by atoms with Gasteiger partial charge in [0.25, 0.3) is 5.91 Å². The maximum atomic E-state index is 13.5. The van der Waals surface area contributed by atoms with E-state index in [-0.39, 0.29) is 17.2 Å². The molecule has 1 heterocycles. The Morgan fingerprint density at radius 1 is 1.03 bits per heavy atom. The molecule has 0 saturated carbocycles. The Labute approximate surface area is 190 Å². The number of fused-ring (bicyclic) bond motifs is 1. The molecular formula is C26H36N2O2S. The van der Waals surface area contributed by atoms with Crippen molar-refractivity contribution in [2.75, 3.05) is 10.6 Å². The standard InChI is InChI=1S/C26H36N2O2S/c1-15-9-12-19(16(2)13-15)27-22(29)21-18-11-10-17(25(3,4)5)14-20(18)31-23(21)28-24(30)26(6,7)8/h9,12-13,17H,10-11,14H2,1-8H3,(H,27,29)(H,28,30). The van der Waals surface area contributed by atoms with Crippen LogP contribution >= 0.6 is 11.3 Å². The van der Waals surface area contributed by atoms with Crippen LogP contribution in [0.3, 0.4) is 0 Å². The third kappa shape index (κ3) is 5.20. The first-order valence-electron chi connectivity index (χ1n) is 11.1. The molecule has 0 fully saturated rings. The number of carbonyl (C=O) groups is 2. The fourth-order valence-electron chi connectivity index (χ4n) is 4.08. The molecule has 0 spiro atoms. The van der Waals surface area contributed by atoms with Gasteiger partial charge in [-0.2, -0.15) is 0 Å². The minimum Gasteiger partial charge on any atom is -0.322 e. The molecule has 1 aromatic carbocycles. The fraction of sp³-hybridized carbons (Fsp3) is 0.538. The Hall–Kier alpha value is -2.14. The molecule has 0 bridgehead atoms. The number of carbonyl (C=O) groups excluding carboxylic acids is 2. The van der Waals surface area contributed by atoms with Crippen molar-refractivity contribution >= 4 is 33.8 Å². The average molecular weight is 441 g/mol. The summed E-state index contributed by atoms with van der Waals surface area (Å²) in [5.41, 5.74) is 4.45. The predicted octanol–water partition coefficient (Wildman–Crippen LogP) is 6.75. The lowest BCUT2D eigenvalue weighted by atomic mass is 9.72. The van der Waals surface area contributed by atoms with Gasteiger partial charge in [-0.1, -0.05) is 59.2 Å². The first-order valence-corrected chi connectivity index (χ1v) is 11.9. The summed E-state index contributed by atoms with van der Waals surface area (Å²) < 4.78 is 0. The van der Waals surface area contributed by atoms with E-state index >= 15 is 0 Å². The van der Waals surface area contributed by atoms with Gasteiger partial charge in [0.1, 0.15) is 5.00 Å². The van der Waals surface area contributed by atoms with Crippen LogP contribution < -0.4 is 10.6 Å². The third-order valence-corrected chi connectivity index (χ3v) is 7.43. The van der Waals surface area contributed by atoms with E-state index in [0.717, 1.165) is 41.6 Å². The highest BCUT2D eigenvalue weighted by Gasteiger charge is 2.35. The lowest BCUT2D eigenvalue weighted by Crippen LogP contribution is -2.29. The Kier molecular flexibility index (Phi) is 6.39. The Morgan fingerprint density at radius 3 is 2.29 bits per heavy atom. The minimum atomic E-state index is -0.528. The predicted molar refractivity (Wildman–Crippen MR) is 131 cm³/mol.